The van der Waals surface area contributed by atoms with Crippen molar-refractivity contribution in [2.75, 3.05) is 0 Å². The molecule has 0 fully saturated rings. The Balaban J connectivity index is 2.18. The van der Waals surface area contributed by atoms with Crippen molar-refractivity contribution >= 4 is 11.9 Å². The van der Waals surface area contributed by atoms with Gasteiger partial charge in [0, 0.05) is 25.4 Å². The number of carboxylic acids is 1. The highest BCUT2D eigenvalue weighted by atomic mass is 16.4. The molecule has 1 unspecified atom stereocenters. The monoisotopic (exact) mass is 276 g/mol. The minimum atomic E-state index is -0.950. The molecular formula is C15H20N2O3. The maximum atomic E-state index is 12.2. The Morgan fingerprint density at radius 2 is 2.05 bits per heavy atom. The Kier molecular flexibility index (Phi) is 4.39. The number of fused-ring (bicyclic) bond motifs is 1. The van der Waals surface area contributed by atoms with Gasteiger partial charge >= 0.3 is 5.97 Å². The predicted molar refractivity (Wildman–Crippen MR) is 75.0 cm³/mol. The van der Waals surface area contributed by atoms with E-state index >= 15 is 0 Å². The zero-order valence-electron chi connectivity index (χ0n) is 11.6. The molecule has 108 valence electrons. The van der Waals surface area contributed by atoms with Crippen LogP contribution in [0.5, 0.6) is 0 Å². The Morgan fingerprint density at radius 1 is 1.40 bits per heavy atom. The molecule has 5 nitrogen and oxygen atoms in total. The molecule has 20 heavy (non-hydrogen) atoms. The van der Waals surface area contributed by atoms with Crippen molar-refractivity contribution in [3.8, 4) is 0 Å². The third kappa shape index (κ3) is 3.17. The van der Waals surface area contributed by atoms with Crippen LogP contribution < -0.4 is 5.73 Å². The summed E-state index contributed by atoms with van der Waals surface area (Å²) >= 11 is 0. The first-order valence-corrected chi connectivity index (χ1v) is 6.83. The van der Waals surface area contributed by atoms with Gasteiger partial charge in [-0.15, -0.1) is 0 Å². The maximum Gasteiger partial charge on any atom is 0.326 e. The number of amides is 1. The van der Waals surface area contributed by atoms with E-state index in [2.05, 4.69) is 0 Å². The lowest BCUT2D eigenvalue weighted by molar-refractivity contribution is -0.151. The summed E-state index contributed by atoms with van der Waals surface area (Å²) in [5, 5.41) is 9.34. The molecule has 2 rings (SSSR count). The smallest absolute Gasteiger partial charge is 0.326 e. The van der Waals surface area contributed by atoms with Gasteiger partial charge < -0.3 is 15.7 Å². The predicted octanol–water partition coefficient (Wildman–Crippen LogP) is 1.15. The lowest BCUT2D eigenvalue weighted by Crippen LogP contribution is -2.48. The first kappa shape index (κ1) is 14.5. The summed E-state index contributed by atoms with van der Waals surface area (Å²) in [7, 11) is 0. The molecule has 3 N–H and O–H groups in total. The van der Waals surface area contributed by atoms with Gasteiger partial charge in [-0.1, -0.05) is 24.3 Å². The van der Waals surface area contributed by atoms with E-state index in [9.17, 15) is 14.7 Å². The van der Waals surface area contributed by atoms with Crippen molar-refractivity contribution in [3.05, 3.63) is 35.4 Å². The molecule has 0 aliphatic carbocycles. The third-order valence-electron chi connectivity index (χ3n) is 3.67. The number of nitrogens with zero attached hydrogens (tertiary/aromatic N) is 1. The molecular weight excluding hydrogens is 256 g/mol. The van der Waals surface area contributed by atoms with Gasteiger partial charge in [-0.05, 0) is 24.5 Å². The first-order chi connectivity index (χ1) is 9.49. The summed E-state index contributed by atoms with van der Waals surface area (Å²) in [6.45, 7) is 2.21. The largest absolute Gasteiger partial charge is 0.480 e. The quantitative estimate of drug-likeness (QED) is 0.864. The van der Waals surface area contributed by atoms with Gasteiger partial charge in [0.1, 0.15) is 6.04 Å². The van der Waals surface area contributed by atoms with Crippen LogP contribution in [-0.2, 0) is 22.6 Å². The SMILES string of the molecule is CC(N)CCC(=O)N1Cc2ccccc2C[C@H]1C(=O)O. The highest BCUT2D eigenvalue weighted by molar-refractivity contribution is 5.84. The van der Waals surface area contributed by atoms with E-state index in [-0.39, 0.29) is 11.9 Å². The molecule has 1 aliphatic heterocycles. The molecule has 2 atom stereocenters. The van der Waals surface area contributed by atoms with E-state index in [0.717, 1.165) is 11.1 Å². The van der Waals surface area contributed by atoms with E-state index < -0.39 is 12.0 Å². The van der Waals surface area contributed by atoms with Gasteiger partial charge in [0.05, 0.1) is 0 Å². The number of hydrogen-bond acceptors (Lipinski definition) is 3. The number of carboxylic acid groups (broad SMARTS) is 1. The average Bonchev–Trinajstić information content (AvgIpc) is 2.43. The highest BCUT2D eigenvalue weighted by Gasteiger charge is 2.34. The van der Waals surface area contributed by atoms with Crippen molar-refractivity contribution in [2.45, 2.75) is 44.8 Å². The Labute approximate surface area is 118 Å². The van der Waals surface area contributed by atoms with Crippen LogP contribution in [0, 0.1) is 0 Å². The lowest BCUT2D eigenvalue weighted by Gasteiger charge is -2.34. The van der Waals surface area contributed by atoms with Gasteiger partial charge in [0.15, 0.2) is 0 Å². The van der Waals surface area contributed by atoms with Crippen molar-refractivity contribution in [1.29, 1.82) is 0 Å². The molecule has 1 aromatic carbocycles. The minimum Gasteiger partial charge on any atom is -0.480 e. The normalized spacial score (nSPS) is 19.3. The summed E-state index contributed by atoms with van der Waals surface area (Å²) < 4.78 is 0. The zero-order chi connectivity index (χ0) is 14.7. The maximum absolute atomic E-state index is 12.2. The number of carbonyl (C=O) groups excluding carboxylic acids is 1. The molecule has 1 aromatic rings. The van der Waals surface area contributed by atoms with Crippen molar-refractivity contribution in [1.82, 2.24) is 4.90 Å². The Morgan fingerprint density at radius 3 is 2.65 bits per heavy atom. The number of benzene rings is 1. The molecule has 1 amide bonds. The van der Waals surface area contributed by atoms with Gasteiger partial charge in [0.25, 0.3) is 0 Å². The number of aliphatic carboxylic acids is 1. The summed E-state index contributed by atoms with van der Waals surface area (Å²) in [4.78, 5) is 25.1. The Bertz CT molecular complexity index is 514. The molecule has 0 bridgehead atoms. The highest BCUT2D eigenvalue weighted by Crippen LogP contribution is 2.24. The van der Waals surface area contributed by atoms with Gasteiger partial charge in [-0.3, -0.25) is 4.79 Å². The molecule has 1 aliphatic rings. The fraction of sp³-hybridized carbons (Fsp3) is 0.467. The van der Waals surface area contributed by atoms with E-state index in [4.69, 9.17) is 5.73 Å². The van der Waals surface area contributed by atoms with Crippen LogP contribution in [0.3, 0.4) is 0 Å². The Hall–Kier alpha value is -1.88. The summed E-state index contributed by atoms with van der Waals surface area (Å²) in [6.07, 6.45) is 1.24. The third-order valence-corrected chi connectivity index (χ3v) is 3.67. The van der Waals surface area contributed by atoms with E-state index in [1.54, 1.807) is 0 Å². The van der Waals surface area contributed by atoms with Crippen LogP contribution in [0.25, 0.3) is 0 Å². The van der Waals surface area contributed by atoms with Crippen LogP contribution >= 0.6 is 0 Å². The van der Waals surface area contributed by atoms with Crippen LogP contribution in [0.15, 0.2) is 24.3 Å². The van der Waals surface area contributed by atoms with Gasteiger partial charge in [0.2, 0.25) is 5.91 Å². The summed E-state index contributed by atoms with van der Waals surface area (Å²) in [6, 6.07) is 6.84. The number of hydrogen-bond donors (Lipinski definition) is 2. The van der Waals surface area contributed by atoms with Crippen molar-refractivity contribution < 1.29 is 14.7 Å². The van der Waals surface area contributed by atoms with Crippen molar-refractivity contribution in [2.24, 2.45) is 5.73 Å². The second-order valence-corrected chi connectivity index (χ2v) is 5.36. The lowest BCUT2D eigenvalue weighted by atomic mass is 9.93. The molecule has 0 spiro atoms. The second-order valence-electron chi connectivity index (χ2n) is 5.36. The molecule has 0 saturated heterocycles. The van der Waals surface area contributed by atoms with Crippen LogP contribution in [0.1, 0.15) is 30.9 Å². The van der Waals surface area contributed by atoms with Crippen LogP contribution in [0.4, 0.5) is 0 Å². The molecule has 5 heteroatoms. The topological polar surface area (TPSA) is 83.6 Å². The number of nitrogens with two attached hydrogens (primary N) is 1. The first-order valence-electron chi connectivity index (χ1n) is 6.83. The average molecular weight is 276 g/mol. The summed E-state index contributed by atoms with van der Waals surface area (Å²) in [5.74, 6) is -1.09. The van der Waals surface area contributed by atoms with Gasteiger partial charge in [-0.2, -0.15) is 0 Å². The molecule has 0 saturated carbocycles. The fourth-order valence-electron chi connectivity index (χ4n) is 2.50. The number of rotatable bonds is 4. The van der Waals surface area contributed by atoms with E-state index in [1.807, 2.05) is 31.2 Å². The van der Waals surface area contributed by atoms with Crippen LogP contribution in [0.2, 0.25) is 0 Å². The van der Waals surface area contributed by atoms with E-state index in [0.29, 0.717) is 25.8 Å². The second kappa shape index (κ2) is 6.05. The number of carbonyl (C=O) groups is 2. The van der Waals surface area contributed by atoms with Gasteiger partial charge in [-0.25, -0.2) is 4.79 Å². The van der Waals surface area contributed by atoms with Crippen LogP contribution in [-0.4, -0.2) is 34.0 Å². The standard InChI is InChI=1S/C15H20N2O3/c1-10(16)6-7-14(18)17-9-12-5-3-2-4-11(12)8-13(17)15(19)20/h2-5,10,13H,6-9,16H2,1H3,(H,19,20)/t10?,13-/m0/s1. The summed E-state index contributed by atoms with van der Waals surface area (Å²) in [5.41, 5.74) is 7.69. The zero-order valence-corrected chi connectivity index (χ0v) is 11.6. The minimum absolute atomic E-state index is 0.0562. The molecule has 0 aromatic heterocycles. The molecule has 0 radical (unpaired) electrons. The fourth-order valence-corrected chi connectivity index (χ4v) is 2.50. The molecule has 1 heterocycles. The van der Waals surface area contributed by atoms with Crippen molar-refractivity contribution in [3.63, 3.8) is 0 Å². The van der Waals surface area contributed by atoms with E-state index in [1.165, 1.54) is 4.90 Å².